The molecule has 178 valence electrons. The van der Waals surface area contributed by atoms with E-state index in [-0.39, 0.29) is 23.6 Å². The van der Waals surface area contributed by atoms with Crippen LogP contribution >= 0.6 is 11.3 Å². The lowest BCUT2D eigenvalue weighted by atomic mass is 9.72. The molecule has 0 aliphatic heterocycles. The molecule has 3 heterocycles. The number of thiophene rings is 1. The lowest BCUT2D eigenvalue weighted by Crippen LogP contribution is -2.28. The molecule has 34 heavy (non-hydrogen) atoms. The Balaban J connectivity index is 1.42. The smallest absolute Gasteiger partial charge is 0.352 e. The van der Waals surface area contributed by atoms with Gasteiger partial charge in [-0.2, -0.15) is 0 Å². The van der Waals surface area contributed by atoms with E-state index in [2.05, 4.69) is 36.2 Å². The van der Waals surface area contributed by atoms with Gasteiger partial charge in [-0.25, -0.2) is 18.9 Å². The van der Waals surface area contributed by atoms with Gasteiger partial charge in [0.1, 0.15) is 23.5 Å². The number of rotatable bonds is 5. The molecule has 4 aromatic rings. The zero-order valence-corrected chi connectivity index (χ0v) is 20.7. The lowest BCUT2D eigenvalue weighted by Gasteiger charge is -2.33. The van der Waals surface area contributed by atoms with Crippen LogP contribution in [0.1, 0.15) is 44.6 Å². The summed E-state index contributed by atoms with van der Waals surface area (Å²) >= 11 is 1.70. The van der Waals surface area contributed by atoms with E-state index in [1.807, 2.05) is 6.92 Å². The summed E-state index contributed by atoms with van der Waals surface area (Å²) in [6, 6.07) is 7.13. The van der Waals surface area contributed by atoms with Crippen LogP contribution in [-0.4, -0.2) is 31.7 Å². The molecule has 0 bridgehead atoms. The van der Waals surface area contributed by atoms with Crippen molar-refractivity contribution in [3.63, 3.8) is 0 Å². The van der Waals surface area contributed by atoms with Crippen LogP contribution in [0.3, 0.4) is 0 Å². The molecule has 0 spiro atoms. The third-order valence-electron chi connectivity index (χ3n) is 6.60. The molecule has 1 aromatic carbocycles. The van der Waals surface area contributed by atoms with Crippen molar-refractivity contribution in [2.75, 3.05) is 11.9 Å². The minimum absolute atomic E-state index is 0.173. The number of nitrogens with one attached hydrogen (secondary N) is 1. The summed E-state index contributed by atoms with van der Waals surface area (Å²) in [5.41, 5.74) is 2.36. The monoisotopic (exact) mass is 479 g/mol. The van der Waals surface area contributed by atoms with E-state index >= 15 is 0 Å². The summed E-state index contributed by atoms with van der Waals surface area (Å²) in [6.07, 6.45) is 4.62. The van der Waals surface area contributed by atoms with E-state index in [0.717, 1.165) is 35.2 Å². The SMILES string of the molecule is CCOc1ccc(NC(=O)Cn2nc3c4c5c(sc4ncn3c2=O)CC(C(C)(C)C)CC5)cc1. The average Bonchev–Trinajstić information content (AvgIpc) is 3.31. The number of aryl methyl sites for hydroxylation is 1. The van der Waals surface area contributed by atoms with Gasteiger partial charge in [-0.15, -0.1) is 16.4 Å². The van der Waals surface area contributed by atoms with Crippen LogP contribution < -0.4 is 15.7 Å². The molecule has 0 saturated carbocycles. The second-order valence-electron chi connectivity index (χ2n) is 9.87. The fourth-order valence-electron chi connectivity index (χ4n) is 4.68. The van der Waals surface area contributed by atoms with Gasteiger partial charge in [0, 0.05) is 10.6 Å². The third kappa shape index (κ3) is 4.09. The first-order valence-electron chi connectivity index (χ1n) is 11.7. The Hall–Kier alpha value is -3.20. The van der Waals surface area contributed by atoms with Gasteiger partial charge in [0.2, 0.25) is 5.91 Å². The molecule has 1 unspecified atom stereocenters. The van der Waals surface area contributed by atoms with Crippen LogP contribution in [0.4, 0.5) is 5.69 Å². The van der Waals surface area contributed by atoms with Crippen LogP contribution in [0.2, 0.25) is 0 Å². The molecule has 1 atom stereocenters. The van der Waals surface area contributed by atoms with Crippen LogP contribution in [0, 0.1) is 11.3 Å². The highest BCUT2D eigenvalue weighted by Gasteiger charge is 2.32. The van der Waals surface area contributed by atoms with E-state index < -0.39 is 0 Å². The van der Waals surface area contributed by atoms with Gasteiger partial charge in [0.15, 0.2) is 5.65 Å². The second kappa shape index (κ2) is 8.54. The summed E-state index contributed by atoms with van der Waals surface area (Å²) in [5.74, 6) is 1.04. The Bertz CT molecular complexity index is 1430. The summed E-state index contributed by atoms with van der Waals surface area (Å²) in [7, 11) is 0. The number of hydrogen-bond donors (Lipinski definition) is 1. The fourth-order valence-corrected chi connectivity index (χ4v) is 5.94. The van der Waals surface area contributed by atoms with Gasteiger partial charge in [-0.05, 0) is 67.3 Å². The molecule has 0 saturated heterocycles. The molecule has 1 amide bonds. The predicted octanol–water partition coefficient (Wildman–Crippen LogP) is 4.29. The molecule has 1 N–H and O–H groups in total. The number of hydrogen-bond acceptors (Lipinski definition) is 6. The van der Waals surface area contributed by atoms with Gasteiger partial charge in [0.25, 0.3) is 0 Å². The maximum Gasteiger partial charge on any atom is 0.352 e. The molecule has 8 nitrogen and oxygen atoms in total. The number of anilines is 1. The fraction of sp³-hybridized carbons (Fsp3) is 0.440. The molecule has 9 heteroatoms. The number of nitrogens with zero attached hydrogens (tertiary/aromatic N) is 4. The normalized spacial score (nSPS) is 16.1. The standard InChI is InChI=1S/C25H29N5O3S/c1-5-33-17-9-7-16(8-10-17)27-20(31)13-30-24(32)29-14-26-23-21(22(29)28-30)18-11-6-15(25(2,3)4)12-19(18)34-23/h7-10,14-15H,5-6,11-13H2,1-4H3,(H,27,31). The summed E-state index contributed by atoms with van der Waals surface area (Å²) in [4.78, 5) is 32.4. The number of fused-ring (bicyclic) bond motifs is 5. The van der Waals surface area contributed by atoms with Crippen LogP contribution in [0.25, 0.3) is 15.9 Å². The second-order valence-corrected chi connectivity index (χ2v) is 11.0. The Kier molecular flexibility index (Phi) is 5.67. The van der Waals surface area contributed by atoms with Gasteiger partial charge < -0.3 is 10.1 Å². The van der Waals surface area contributed by atoms with Crippen molar-refractivity contribution in [2.45, 2.75) is 53.5 Å². The van der Waals surface area contributed by atoms with Crippen molar-refractivity contribution in [1.82, 2.24) is 19.2 Å². The van der Waals surface area contributed by atoms with E-state index in [0.29, 0.717) is 23.9 Å². The van der Waals surface area contributed by atoms with Crippen LogP contribution in [-0.2, 0) is 24.2 Å². The van der Waals surface area contributed by atoms with Crippen molar-refractivity contribution in [3.05, 3.63) is 51.5 Å². The highest BCUT2D eigenvalue weighted by Crippen LogP contribution is 2.43. The first-order chi connectivity index (χ1) is 16.2. The molecule has 0 fully saturated rings. The number of aromatic nitrogens is 4. The van der Waals surface area contributed by atoms with Crippen molar-refractivity contribution in [3.8, 4) is 5.75 Å². The van der Waals surface area contributed by atoms with E-state index in [1.54, 1.807) is 35.6 Å². The molecule has 0 radical (unpaired) electrons. The number of ether oxygens (including phenoxy) is 1. The van der Waals surface area contributed by atoms with Crippen molar-refractivity contribution < 1.29 is 9.53 Å². The average molecular weight is 480 g/mol. The molecule has 5 rings (SSSR count). The van der Waals surface area contributed by atoms with E-state index in [9.17, 15) is 9.59 Å². The number of amides is 1. The first kappa shape index (κ1) is 22.6. The van der Waals surface area contributed by atoms with Crippen molar-refractivity contribution >= 4 is 38.8 Å². The number of benzene rings is 1. The molecule has 3 aromatic heterocycles. The van der Waals surface area contributed by atoms with E-state index in [1.165, 1.54) is 25.9 Å². The maximum absolute atomic E-state index is 13.0. The minimum Gasteiger partial charge on any atom is -0.494 e. The topological polar surface area (TPSA) is 90.5 Å². The Morgan fingerprint density at radius 3 is 2.74 bits per heavy atom. The number of carbonyl (C=O) groups excluding carboxylic acids is 1. The molecular weight excluding hydrogens is 450 g/mol. The quantitative estimate of drug-likeness (QED) is 0.461. The van der Waals surface area contributed by atoms with E-state index in [4.69, 9.17) is 4.74 Å². The molecular formula is C25H29N5O3S. The first-order valence-corrected chi connectivity index (χ1v) is 12.5. The summed E-state index contributed by atoms with van der Waals surface area (Å²) < 4.78 is 8.09. The zero-order valence-electron chi connectivity index (χ0n) is 19.9. The zero-order chi connectivity index (χ0) is 24.0. The minimum atomic E-state index is -0.366. The Morgan fingerprint density at radius 2 is 2.03 bits per heavy atom. The predicted molar refractivity (Wildman–Crippen MR) is 134 cm³/mol. The molecule has 1 aliphatic rings. The third-order valence-corrected chi connectivity index (χ3v) is 7.76. The van der Waals surface area contributed by atoms with Crippen LogP contribution in [0.15, 0.2) is 35.4 Å². The summed E-state index contributed by atoms with van der Waals surface area (Å²) in [6.45, 7) is 9.22. The Morgan fingerprint density at radius 1 is 1.26 bits per heavy atom. The van der Waals surface area contributed by atoms with Gasteiger partial charge in [-0.1, -0.05) is 20.8 Å². The molecule has 1 aliphatic carbocycles. The highest BCUT2D eigenvalue weighted by atomic mass is 32.1. The largest absolute Gasteiger partial charge is 0.494 e. The highest BCUT2D eigenvalue weighted by molar-refractivity contribution is 7.19. The van der Waals surface area contributed by atoms with Crippen molar-refractivity contribution in [2.24, 2.45) is 11.3 Å². The number of carbonyl (C=O) groups is 1. The Labute approximate surface area is 201 Å². The van der Waals surface area contributed by atoms with Gasteiger partial charge in [0.05, 0.1) is 12.0 Å². The van der Waals surface area contributed by atoms with Crippen LogP contribution in [0.5, 0.6) is 5.75 Å². The van der Waals surface area contributed by atoms with Crippen molar-refractivity contribution in [1.29, 1.82) is 0 Å². The maximum atomic E-state index is 13.0. The summed E-state index contributed by atoms with van der Waals surface area (Å²) in [5, 5.41) is 8.33. The van der Waals surface area contributed by atoms with Gasteiger partial charge in [-0.3, -0.25) is 4.79 Å². The lowest BCUT2D eigenvalue weighted by molar-refractivity contribution is -0.117. The van der Waals surface area contributed by atoms with Gasteiger partial charge >= 0.3 is 5.69 Å².